The second-order valence-electron chi connectivity index (χ2n) is 8.77. The second kappa shape index (κ2) is 11.4. The Morgan fingerprint density at radius 3 is 2.69 bits per heavy atom. The molecule has 2 unspecified atom stereocenters. The maximum atomic E-state index is 13.3. The highest BCUT2D eigenvalue weighted by molar-refractivity contribution is 7.54. The largest absolute Gasteiger partial charge is 0.438 e. The Morgan fingerprint density at radius 1 is 1.28 bits per heavy atom. The quantitative estimate of drug-likeness (QED) is 0.201. The van der Waals surface area contributed by atoms with Crippen molar-refractivity contribution in [3.8, 4) is 6.07 Å². The molecule has 1 heterocycles. The first kappa shape index (κ1) is 27.6. The molecule has 0 aliphatic rings. The number of carbonyl (C=O) groups is 2. The van der Waals surface area contributed by atoms with Crippen molar-refractivity contribution in [2.75, 3.05) is 6.79 Å². The van der Waals surface area contributed by atoms with Crippen LogP contribution in [0.1, 0.15) is 43.1 Å². The van der Waals surface area contributed by atoms with Crippen LogP contribution in [0.15, 0.2) is 54.0 Å². The van der Waals surface area contributed by atoms with Crippen molar-refractivity contribution in [2.45, 2.75) is 26.4 Å². The highest BCUT2D eigenvalue weighted by Gasteiger charge is 2.42. The molecule has 1 amide bonds. The zero-order valence-corrected chi connectivity index (χ0v) is 22.2. The summed E-state index contributed by atoms with van der Waals surface area (Å²) in [6.07, 6.45) is 2.79. The summed E-state index contributed by atoms with van der Waals surface area (Å²) in [5.41, 5.74) is -1.29. The van der Waals surface area contributed by atoms with Crippen LogP contribution in [0.2, 0.25) is 5.02 Å². The van der Waals surface area contributed by atoms with Gasteiger partial charge in [0, 0.05) is 15.9 Å². The standard InChI is InChI=1S/C25H24ClN2O6PS/c1-25(2,3)24(30)33-15-34-35(31,32)22(20-14-36-21-9-8-18(26)12-19(20)21)23(29)28-11-10-16-6-4-5-7-17(16)13-27/h4-12,14,22H,15H2,1-3H3,(H,28,29)(H,31,32). The van der Waals surface area contributed by atoms with Crippen molar-refractivity contribution >= 4 is 58.6 Å². The van der Waals surface area contributed by atoms with E-state index in [0.29, 0.717) is 21.5 Å². The molecule has 0 spiro atoms. The molecular formula is C25H24ClN2O6PS. The van der Waals surface area contributed by atoms with Gasteiger partial charge in [-0.05, 0) is 73.0 Å². The minimum Gasteiger partial charge on any atom is -0.438 e. The molecule has 3 aromatic rings. The predicted octanol–water partition coefficient (Wildman–Crippen LogP) is 6.00. The second-order valence-corrected chi connectivity index (χ2v) is 12.0. The van der Waals surface area contributed by atoms with Gasteiger partial charge in [-0.25, -0.2) is 0 Å². The summed E-state index contributed by atoms with van der Waals surface area (Å²) in [4.78, 5) is 36.1. The molecule has 0 fully saturated rings. The van der Waals surface area contributed by atoms with Crippen molar-refractivity contribution in [3.63, 3.8) is 0 Å². The number of nitriles is 1. The highest BCUT2D eigenvalue weighted by Crippen LogP contribution is 2.58. The third kappa shape index (κ3) is 6.61. The number of carbonyl (C=O) groups excluding carboxylic acids is 2. The Morgan fingerprint density at radius 2 is 2.00 bits per heavy atom. The van der Waals surface area contributed by atoms with Crippen molar-refractivity contribution in [1.29, 1.82) is 5.26 Å². The molecule has 0 bridgehead atoms. The fourth-order valence-corrected chi connectivity index (χ4v) is 5.71. The summed E-state index contributed by atoms with van der Waals surface area (Å²) >= 11 is 7.41. The number of nitrogens with one attached hydrogen (secondary N) is 1. The molecule has 36 heavy (non-hydrogen) atoms. The fourth-order valence-electron chi connectivity index (χ4n) is 3.18. The van der Waals surface area contributed by atoms with Gasteiger partial charge in [-0.3, -0.25) is 18.7 Å². The van der Waals surface area contributed by atoms with E-state index in [4.69, 9.17) is 20.9 Å². The lowest BCUT2D eigenvalue weighted by molar-refractivity contribution is -0.159. The van der Waals surface area contributed by atoms with E-state index in [1.807, 2.05) is 0 Å². The van der Waals surface area contributed by atoms with Crippen molar-refractivity contribution in [2.24, 2.45) is 5.41 Å². The number of benzene rings is 2. The molecule has 188 valence electrons. The molecule has 0 saturated carbocycles. The first-order chi connectivity index (χ1) is 16.9. The van der Waals surface area contributed by atoms with Crippen LogP contribution in [0.3, 0.4) is 0 Å². The van der Waals surface area contributed by atoms with Gasteiger partial charge in [0.05, 0.1) is 17.0 Å². The van der Waals surface area contributed by atoms with Crippen LogP contribution in [-0.2, 0) is 23.4 Å². The van der Waals surface area contributed by atoms with Gasteiger partial charge in [0.25, 0.3) is 0 Å². The third-order valence-electron chi connectivity index (χ3n) is 5.04. The molecular weight excluding hydrogens is 523 g/mol. The van der Waals surface area contributed by atoms with Crippen LogP contribution in [0.5, 0.6) is 0 Å². The van der Waals surface area contributed by atoms with Crippen molar-refractivity contribution in [3.05, 3.63) is 75.8 Å². The summed E-state index contributed by atoms with van der Waals surface area (Å²) < 4.78 is 24.2. The maximum Gasteiger partial charge on any atom is 0.347 e. The maximum absolute atomic E-state index is 13.3. The number of rotatable bonds is 8. The van der Waals surface area contributed by atoms with Gasteiger partial charge in [-0.15, -0.1) is 11.3 Å². The van der Waals surface area contributed by atoms with E-state index in [0.717, 1.165) is 4.70 Å². The first-order valence-corrected chi connectivity index (χ1v) is 13.6. The summed E-state index contributed by atoms with van der Waals surface area (Å²) in [5, 5.41) is 14.2. The van der Waals surface area contributed by atoms with Crippen LogP contribution in [0, 0.1) is 16.7 Å². The van der Waals surface area contributed by atoms with Gasteiger partial charge in [-0.1, -0.05) is 29.8 Å². The van der Waals surface area contributed by atoms with Crippen LogP contribution in [0.4, 0.5) is 0 Å². The number of halogens is 1. The molecule has 0 aliphatic carbocycles. The van der Waals surface area contributed by atoms with Crippen LogP contribution in [-0.4, -0.2) is 23.6 Å². The Hall–Kier alpha value is -2.99. The molecule has 2 atom stereocenters. The summed E-state index contributed by atoms with van der Waals surface area (Å²) in [7, 11) is -4.71. The molecule has 0 radical (unpaired) electrons. The van der Waals surface area contributed by atoms with Gasteiger partial charge in [-0.2, -0.15) is 5.26 Å². The van der Waals surface area contributed by atoms with E-state index in [1.54, 1.807) is 68.6 Å². The minimum absolute atomic E-state index is 0.244. The summed E-state index contributed by atoms with van der Waals surface area (Å²) in [5.74, 6) is -1.45. The van der Waals surface area contributed by atoms with Gasteiger partial charge in [0.15, 0.2) is 5.66 Å². The highest BCUT2D eigenvalue weighted by atomic mass is 35.5. The van der Waals surface area contributed by atoms with E-state index in [-0.39, 0.29) is 5.56 Å². The van der Waals surface area contributed by atoms with Gasteiger partial charge in [0.2, 0.25) is 12.7 Å². The number of ether oxygens (including phenoxy) is 1. The Kier molecular flexibility index (Phi) is 8.72. The molecule has 1 aromatic heterocycles. The third-order valence-corrected chi connectivity index (χ3v) is 7.90. The summed E-state index contributed by atoms with van der Waals surface area (Å²) in [6.45, 7) is 4.08. The lowest BCUT2D eigenvalue weighted by atomic mass is 9.98. The first-order valence-electron chi connectivity index (χ1n) is 10.7. The van der Waals surface area contributed by atoms with E-state index in [1.165, 1.54) is 23.6 Å². The van der Waals surface area contributed by atoms with E-state index >= 15 is 0 Å². The van der Waals surface area contributed by atoms with Crippen molar-refractivity contribution < 1.29 is 28.3 Å². The molecule has 2 aromatic carbocycles. The number of esters is 1. The van der Waals surface area contributed by atoms with Gasteiger partial charge < -0.3 is 14.9 Å². The number of fused-ring (bicyclic) bond motifs is 1. The molecule has 3 rings (SSSR count). The molecule has 8 nitrogen and oxygen atoms in total. The molecule has 2 N–H and O–H groups in total. The molecule has 0 aliphatic heterocycles. The van der Waals surface area contributed by atoms with Crippen molar-refractivity contribution in [1.82, 2.24) is 5.32 Å². The Labute approximate surface area is 217 Å². The fraction of sp³-hybridized carbons (Fsp3) is 0.240. The monoisotopic (exact) mass is 546 g/mol. The van der Waals surface area contributed by atoms with Crippen LogP contribution >= 0.6 is 30.5 Å². The Bertz CT molecular complexity index is 1410. The number of nitrogens with zero attached hydrogens (tertiary/aromatic N) is 1. The number of hydrogen-bond donors (Lipinski definition) is 2. The topological polar surface area (TPSA) is 126 Å². The average Bonchev–Trinajstić information content (AvgIpc) is 3.21. The molecule has 0 saturated heterocycles. The van der Waals surface area contributed by atoms with Gasteiger partial charge in [0.1, 0.15) is 0 Å². The summed E-state index contributed by atoms with van der Waals surface area (Å²) in [6, 6.07) is 13.8. The zero-order valence-electron chi connectivity index (χ0n) is 19.7. The Balaban J connectivity index is 1.91. The zero-order chi connectivity index (χ0) is 26.5. The average molecular weight is 547 g/mol. The number of thiophene rings is 1. The normalized spacial score (nSPS) is 14.2. The number of amides is 1. The predicted molar refractivity (Wildman–Crippen MR) is 139 cm³/mol. The smallest absolute Gasteiger partial charge is 0.347 e. The van der Waals surface area contributed by atoms with Crippen LogP contribution < -0.4 is 5.32 Å². The number of hydrogen-bond acceptors (Lipinski definition) is 7. The minimum atomic E-state index is -4.71. The lowest BCUT2D eigenvalue weighted by Crippen LogP contribution is -2.27. The van der Waals surface area contributed by atoms with E-state index in [2.05, 4.69) is 11.4 Å². The lowest BCUT2D eigenvalue weighted by Gasteiger charge is -2.22. The van der Waals surface area contributed by atoms with E-state index < -0.39 is 37.3 Å². The molecule has 11 heteroatoms. The van der Waals surface area contributed by atoms with E-state index in [9.17, 15) is 24.3 Å². The van der Waals surface area contributed by atoms with Gasteiger partial charge >= 0.3 is 13.6 Å². The van der Waals surface area contributed by atoms with Crippen LogP contribution in [0.25, 0.3) is 16.2 Å². The SMILES string of the molecule is CC(C)(C)C(=O)OCOP(=O)(O)C(C(=O)NC=Cc1ccccc1C#N)c1csc2ccc(Cl)cc12.